The van der Waals surface area contributed by atoms with Crippen LogP contribution in [0.3, 0.4) is 0 Å². The standard InChI is InChI=1S/C21H18FN3O/c22-14-5-7-18-16(11-14)15-2-1-3-19(20(15)24-18)25-21(26)13-4-6-17-12(10-13)8-9-23-17/h4-11,19,23-24H,1-3H2,(H,25,26)/t19-/m1/s1. The van der Waals surface area contributed by atoms with E-state index in [1.54, 1.807) is 12.1 Å². The Morgan fingerprint density at radius 3 is 2.92 bits per heavy atom. The molecule has 0 radical (unpaired) electrons. The van der Waals surface area contributed by atoms with Crippen LogP contribution in [0.15, 0.2) is 48.7 Å². The number of halogens is 1. The van der Waals surface area contributed by atoms with Gasteiger partial charge in [0.15, 0.2) is 0 Å². The second kappa shape index (κ2) is 5.73. The van der Waals surface area contributed by atoms with E-state index < -0.39 is 0 Å². The van der Waals surface area contributed by atoms with Crippen LogP contribution in [0, 0.1) is 5.82 Å². The minimum Gasteiger partial charge on any atom is -0.361 e. The third kappa shape index (κ3) is 2.39. The molecule has 4 nitrogen and oxygen atoms in total. The fourth-order valence-corrected chi connectivity index (χ4v) is 4.02. The van der Waals surface area contributed by atoms with Crippen molar-refractivity contribution in [2.75, 3.05) is 0 Å². The van der Waals surface area contributed by atoms with Gasteiger partial charge < -0.3 is 15.3 Å². The van der Waals surface area contributed by atoms with E-state index in [0.29, 0.717) is 5.56 Å². The zero-order valence-corrected chi connectivity index (χ0v) is 14.1. The minimum atomic E-state index is -0.231. The van der Waals surface area contributed by atoms with Crippen molar-refractivity contribution in [2.24, 2.45) is 0 Å². The Hall–Kier alpha value is -3.08. The Bertz CT molecular complexity index is 1140. The minimum absolute atomic E-state index is 0.0800. The number of aryl methyl sites for hydroxylation is 1. The van der Waals surface area contributed by atoms with Crippen LogP contribution in [0.4, 0.5) is 4.39 Å². The summed E-state index contributed by atoms with van der Waals surface area (Å²) in [6.07, 6.45) is 4.61. The highest BCUT2D eigenvalue weighted by Crippen LogP contribution is 2.35. The average molecular weight is 347 g/mol. The van der Waals surface area contributed by atoms with Crippen molar-refractivity contribution in [3.8, 4) is 0 Å². The molecule has 0 saturated carbocycles. The van der Waals surface area contributed by atoms with E-state index in [1.807, 2.05) is 30.5 Å². The van der Waals surface area contributed by atoms with Gasteiger partial charge >= 0.3 is 0 Å². The molecule has 0 aliphatic heterocycles. The van der Waals surface area contributed by atoms with Crippen LogP contribution in [-0.2, 0) is 6.42 Å². The molecule has 5 rings (SSSR count). The lowest BCUT2D eigenvalue weighted by atomic mass is 9.91. The third-order valence-corrected chi connectivity index (χ3v) is 5.29. The van der Waals surface area contributed by atoms with E-state index >= 15 is 0 Å². The highest BCUT2D eigenvalue weighted by atomic mass is 19.1. The fourth-order valence-electron chi connectivity index (χ4n) is 4.02. The number of hydrogen-bond donors (Lipinski definition) is 3. The Balaban J connectivity index is 1.48. The van der Waals surface area contributed by atoms with Crippen LogP contribution < -0.4 is 5.32 Å². The summed E-state index contributed by atoms with van der Waals surface area (Å²) in [5, 5.41) is 5.09. The smallest absolute Gasteiger partial charge is 0.251 e. The molecule has 2 heterocycles. The monoisotopic (exact) mass is 347 g/mol. The maximum Gasteiger partial charge on any atom is 0.251 e. The van der Waals surface area contributed by atoms with E-state index in [-0.39, 0.29) is 17.8 Å². The first-order valence-corrected chi connectivity index (χ1v) is 8.87. The van der Waals surface area contributed by atoms with E-state index in [0.717, 1.165) is 52.3 Å². The lowest BCUT2D eigenvalue weighted by molar-refractivity contribution is 0.0932. The predicted octanol–water partition coefficient (Wildman–Crippen LogP) is 4.60. The van der Waals surface area contributed by atoms with Gasteiger partial charge in [0.25, 0.3) is 5.91 Å². The second-order valence-electron chi connectivity index (χ2n) is 6.91. The van der Waals surface area contributed by atoms with Crippen molar-refractivity contribution in [1.29, 1.82) is 0 Å². The predicted molar refractivity (Wildman–Crippen MR) is 99.7 cm³/mol. The normalized spacial score (nSPS) is 16.7. The molecule has 1 aliphatic carbocycles. The molecule has 130 valence electrons. The molecule has 0 saturated heterocycles. The summed E-state index contributed by atoms with van der Waals surface area (Å²) in [5.41, 5.74) is 4.71. The van der Waals surface area contributed by atoms with Crippen molar-refractivity contribution in [3.63, 3.8) is 0 Å². The summed E-state index contributed by atoms with van der Waals surface area (Å²) in [7, 11) is 0. The van der Waals surface area contributed by atoms with Crippen LogP contribution in [0.1, 0.15) is 40.5 Å². The molecule has 1 atom stereocenters. The quantitative estimate of drug-likeness (QED) is 0.488. The van der Waals surface area contributed by atoms with Crippen molar-refractivity contribution in [3.05, 3.63) is 71.3 Å². The number of rotatable bonds is 2. The van der Waals surface area contributed by atoms with Gasteiger partial charge in [0.05, 0.1) is 6.04 Å². The first-order chi connectivity index (χ1) is 12.7. The van der Waals surface area contributed by atoms with Gasteiger partial charge in [0, 0.05) is 39.3 Å². The SMILES string of the molecule is O=C(N[C@@H]1CCCc2c1[nH]c1ccc(F)cc21)c1ccc2[nH]ccc2c1. The van der Waals surface area contributed by atoms with Crippen LogP contribution in [0.2, 0.25) is 0 Å². The zero-order chi connectivity index (χ0) is 17.7. The van der Waals surface area contributed by atoms with Gasteiger partial charge in [0.2, 0.25) is 0 Å². The summed E-state index contributed by atoms with van der Waals surface area (Å²) in [6, 6.07) is 12.3. The first-order valence-electron chi connectivity index (χ1n) is 8.87. The molecule has 3 N–H and O–H groups in total. The molecule has 2 aromatic heterocycles. The van der Waals surface area contributed by atoms with Crippen molar-refractivity contribution >= 4 is 27.7 Å². The number of nitrogens with one attached hydrogen (secondary N) is 3. The molecule has 2 aromatic carbocycles. The van der Waals surface area contributed by atoms with Crippen molar-refractivity contribution < 1.29 is 9.18 Å². The number of carbonyl (C=O) groups is 1. The lowest BCUT2D eigenvalue weighted by Crippen LogP contribution is -2.31. The lowest BCUT2D eigenvalue weighted by Gasteiger charge is -2.24. The van der Waals surface area contributed by atoms with Crippen LogP contribution in [-0.4, -0.2) is 15.9 Å². The topological polar surface area (TPSA) is 60.7 Å². The van der Waals surface area contributed by atoms with Gasteiger partial charge in [0.1, 0.15) is 5.82 Å². The van der Waals surface area contributed by atoms with Gasteiger partial charge in [-0.3, -0.25) is 4.79 Å². The highest BCUT2D eigenvalue weighted by molar-refractivity contribution is 5.98. The van der Waals surface area contributed by atoms with Crippen LogP contribution in [0.5, 0.6) is 0 Å². The molecular formula is C21H18FN3O. The molecule has 4 aromatic rings. The molecule has 0 spiro atoms. The molecule has 26 heavy (non-hydrogen) atoms. The van der Waals surface area contributed by atoms with Crippen molar-refractivity contribution in [1.82, 2.24) is 15.3 Å². The largest absolute Gasteiger partial charge is 0.361 e. The summed E-state index contributed by atoms with van der Waals surface area (Å²) >= 11 is 0. The molecule has 1 amide bonds. The van der Waals surface area contributed by atoms with Gasteiger partial charge in [-0.25, -0.2) is 4.39 Å². The van der Waals surface area contributed by atoms with E-state index in [2.05, 4.69) is 15.3 Å². The average Bonchev–Trinajstić information content (AvgIpc) is 3.25. The molecular weight excluding hydrogens is 329 g/mol. The number of aromatic nitrogens is 2. The number of benzene rings is 2. The number of H-pyrrole nitrogens is 2. The summed E-state index contributed by atoms with van der Waals surface area (Å²) < 4.78 is 13.6. The second-order valence-corrected chi connectivity index (χ2v) is 6.91. The number of amides is 1. The van der Waals surface area contributed by atoms with Crippen LogP contribution >= 0.6 is 0 Å². The molecule has 0 bridgehead atoms. The number of hydrogen-bond acceptors (Lipinski definition) is 1. The van der Waals surface area contributed by atoms with E-state index in [1.165, 1.54) is 6.07 Å². The third-order valence-electron chi connectivity index (χ3n) is 5.29. The van der Waals surface area contributed by atoms with E-state index in [9.17, 15) is 9.18 Å². The number of aromatic amines is 2. The maximum atomic E-state index is 13.6. The number of carbonyl (C=O) groups excluding carboxylic acids is 1. The van der Waals surface area contributed by atoms with Crippen LogP contribution in [0.25, 0.3) is 21.8 Å². The summed E-state index contributed by atoms with van der Waals surface area (Å²) in [6.45, 7) is 0. The van der Waals surface area contributed by atoms with Gasteiger partial charge in [-0.2, -0.15) is 0 Å². The Morgan fingerprint density at radius 1 is 1.12 bits per heavy atom. The number of fused-ring (bicyclic) bond motifs is 4. The van der Waals surface area contributed by atoms with Gasteiger partial charge in [-0.15, -0.1) is 0 Å². The van der Waals surface area contributed by atoms with Gasteiger partial charge in [-0.1, -0.05) is 0 Å². The Kier molecular flexibility index (Phi) is 3.35. The Morgan fingerprint density at radius 2 is 2.00 bits per heavy atom. The summed E-state index contributed by atoms with van der Waals surface area (Å²) in [4.78, 5) is 19.3. The first kappa shape index (κ1) is 15.2. The molecule has 5 heteroatoms. The highest BCUT2D eigenvalue weighted by Gasteiger charge is 2.26. The van der Waals surface area contributed by atoms with E-state index in [4.69, 9.17) is 0 Å². The van der Waals surface area contributed by atoms with Gasteiger partial charge in [-0.05, 0) is 67.3 Å². The fraction of sp³-hybridized carbons (Fsp3) is 0.190. The Labute approximate surface area is 149 Å². The summed E-state index contributed by atoms with van der Waals surface area (Å²) in [5.74, 6) is -0.318. The maximum absolute atomic E-state index is 13.6. The van der Waals surface area contributed by atoms with Crippen molar-refractivity contribution in [2.45, 2.75) is 25.3 Å². The molecule has 1 aliphatic rings. The molecule has 0 fully saturated rings. The molecule has 0 unspecified atom stereocenters. The zero-order valence-electron chi connectivity index (χ0n) is 14.1.